The summed E-state index contributed by atoms with van der Waals surface area (Å²) in [6.45, 7) is 0. The van der Waals surface area contributed by atoms with Gasteiger partial charge in [-0.05, 0) is 42.0 Å². The van der Waals surface area contributed by atoms with Gasteiger partial charge in [-0.1, -0.05) is 109 Å². The van der Waals surface area contributed by atoms with Crippen LogP contribution in [0.1, 0.15) is 17.2 Å². The third-order valence-electron chi connectivity index (χ3n) is 10.7. The quantitative estimate of drug-likeness (QED) is 0.190. The summed E-state index contributed by atoms with van der Waals surface area (Å²) in [4.78, 5) is 5.38. The van der Waals surface area contributed by atoms with Gasteiger partial charge in [0.15, 0.2) is 0 Å². The zero-order chi connectivity index (χ0) is 31.8. The molecule has 5 heteroatoms. The molecule has 11 aromatic rings. The Morgan fingerprint density at radius 3 is 2.16 bits per heavy atom. The van der Waals surface area contributed by atoms with Crippen molar-refractivity contribution in [2.24, 2.45) is 4.99 Å². The number of thiophene rings is 1. The number of nitrogens with one attached hydrogen (secondary N) is 1. The van der Waals surface area contributed by atoms with Gasteiger partial charge in [0.25, 0.3) is 0 Å². The van der Waals surface area contributed by atoms with Gasteiger partial charge in [-0.3, -0.25) is 4.57 Å². The molecular weight excluding hydrogens is 617 g/mol. The van der Waals surface area contributed by atoms with E-state index in [1.807, 2.05) is 11.3 Å². The van der Waals surface area contributed by atoms with Gasteiger partial charge in [-0.25, -0.2) is 4.99 Å². The van der Waals surface area contributed by atoms with Gasteiger partial charge in [-0.2, -0.15) is 0 Å². The van der Waals surface area contributed by atoms with Gasteiger partial charge in [0.05, 0.1) is 39.3 Å². The van der Waals surface area contributed by atoms with Crippen LogP contribution in [0.5, 0.6) is 0 Å². The summed E-state index contributed by atoms with van der Waals surface area (Å²) in [5.74, 6) is 0.840. The lowest BCUT2D eigenvalue weighted by atomic mass is 9.96. The molecule has 0 amide bonds. The van der Waals surface area contributed by atoms with Crippen LogP contribution in [0.2, 0.25) is 0 Å². The predicted octanol–water partition coefficient (Wildman–Crippen LogP) is 11.5. The SMILES string of the molecule is c1ccc(C2NC(n3c4cc5sc6ccccc6c5c5c6cccc7c8ccccc8n(c8cccc3c8c54)c76)=Nc3ccccc32)cc1. The van der Waals surface area contributed by atoms with Gasteiger partial charge in [0.1, 0.15) is 0 Å². The molecule has 228 valence electrons. The van der Waals surface area contributed by atoms with Crippen LogP contribution < -0.4 is 5.32 Å². The molecule has 1 aliphatic rings. The molecule has 0 bridgehead atoms. The Morgan fingerprint density at radius 1 is 0.510 bits per heavy atom. The first-order valence-electron chi connectivity index (χ1n) is 16.8. The van der Waals surface area contributed by atoms with Crippen molar-refractivity contribution < 1.29 is 0 Å². The number of fused-ring (bicyclic) bond motifs is 10. The van der Waals surface area contributed by atoms with E-state index in [4.69, 9.17) is 4.99 Å². The number of benzene rings is 7. The smallest absolute Gasteiger partial charge is 0.209 e. The van der Waals surface area contributed by atoms with Crippen LogP contribution in [0.15, 0.2) is 151 Å². The van der Waals surface area contributed by atoms with E-state index in [-0.39, 0.29) is 6.04 Å². The van der Waals surface area contributed by atoms with E-state index in [2.05, 4.69) is 160 Å². The molecular formula is C44H26N4S. The van der Waals surface area contributed by atoms with Crippen LogP contribution in [0.4, 0.5) is 5.69 Å². The molecule has 4 aromatic heterocycles. The van der Waals surface area contributed by atoms with Crippen LogP contribution in [-0.2, 0) is 0 Å². The van der Waals surface area contributed by atoms with E-state index in [1.54, 1.807) is 0 Å². The van der Waals surface area contributed by atoms with Crippen molar-refractivity contribution in [1.82, 2.24) is 14.3 Å². The second kappa shape index (κ2) is 9.25. The fourth-order valence-electron chi connectivity index (χ4n) is 8.77. The summed E-state index contributed by atoms with van der Waals surface area (Å²) in [6.07, 6.45) is 0. The largest absolute Gasteiger partial charge is 0.344 e. The molecule has 1 atom stereocenters. The lowest BCUT2D eigenvalue weighted by Gasteiger charge is -2.28. The molecule has 4 nitrogen and oxygen atoms in total. The zero-order valence-corrected chi connectivity index (χ0v) is 27.0. The van der Waals surface area contributed by atoms with Crippen molar-refractivity contribution in [2.45, 2.75) is 6.04 Å². The number of aliphatic imine (C=N–C) groups is 1. The van der Waals surface area contributed by atoms with Gasteiger partial charge in [0.2, 0.25) is 5.96 Å². The summed E-state index contributed by atoms with van der Waals surface area (Å²) in [6, 6.07) is 53.1. The molecule has 5 heterocycles. The Morgan fingerprint density at radius 2 is 1.22 bits per heavy atom. The highest BCUT2D eigenvalue weighted by molar-refractivity contribution is 7.26. The minimum atomic E-state index is -0.0326. The minimum Gasteiger partial charge on any atom is -0.344 e. The van der Waals surface area contributed by atoms with E-state index in [1.165, 1.54) is 85.7 Å². The molecule has 0 fully saturated rings. The average molecular weight is 643 g/mol. The van der Waals surface area contributed by atoms with Crippen molar-refractivity contribution in [1.29, 1.82) is 0 Å². The molecule has 12 rings (SSSR count). The molecule has 0 radical (unpaired) electrons. The average Bonchev–Trinajstić information content (AvgIpc) is 3.78. The first kappa shape index (κ1) is 25.9. The molecule has 0 aliphatic carbocycles. The maximum Gasteiger partial charge on any atom is 0.209 e. The summed E-state index contributed by atoms with van der Waals surface area (Å²) in [7, 11) is 0. The molecule has 1 N–H and O–H groups in total. The monoisotopic (exact) mass is 642 g/mol. The molecule has 49 heavy (non-hydrogen) atoms. The van der Waals surface area contributed by atoms with Crippen molar-refractivity contribution >= 4 is 103 Å². The summed E-state index contributed by atoms with van der Waals surface area (Å²) >= 11 is 1.88. The number of para-hydroxylation sites is 3. The van der Waals surface area contributed by atoms with Gasteiger partial charge >= 0.3 is 0 Å². The van der Waals surface area contributed by atoms with Crippen molar-refractivity contribution in [3.63, 3.8) is 0 Å². The number of nitrogens with zero attached hydrogens (tertiary/aromatic N) is 3. The van der Waals surface area contributed by atoms with E-state index in [0.717, 1.165) is 17.2 Å². The Balaban J connectivity index is 1.34. The van der Waals surface area contributed by atoms with Gasteiger partial charge in [0, 0.05) is 58.1 Å². The predicted molar refractivity (Wildman–Crippen MR) is 207 cm³/mol. The molecule has 7 aromatic carbocycles. The van der Waals surface area contributed by atoms with Crippen LogP contribution in [0, 0.1) is 0 Å². The molecule has 0 saturated carbocycles. The maximum atomic E-state index is 5.38. The minimum absolute atomic E-state index is 0.0326. The van der Waals surface area contributed by atoms with Gasteiger partial charge in [-0.15, -0.1) is 11.3 Å². The number of hydrogen-bond donors (Lipinski definition) is 1. The van der Waals surface area contributed by atoms with Crippen LogP contribution in [0.25, 0.3) is 80.1 Å². The summed E-state index contributed by atoms with van der Waals surface area (Å²) in [5.41, 5.74) is 9.41. The third-order valence-corrected chi connectivity index (χ3v) is 11.8. The lowest BCUT2D eigenvalue weighted by Crippen LogP contribution is -2.36. The van der Waals surface area contributed by atoms with Crippen LogP contribution >= 0.6 is 11.3 Å². The molecule has 0 spiro atoms. The normalized spacial score (nSPS) is 15.0. The number of aromatic nitrogens is 2. The fourth-order valence-corrected chi connectivity index (χ4v) is 9.92. The van der Waals surface area contributed by atoms with E-state index in [9.17, 15) is 0 Å². The van der Waals surface area contributed by atoms with E-state index in [0.29, 0.717) is 0 Å². The van der Waals surface area contributed by atoms with Crippen molar-refractivity contribution in [3.05, 3.63) is 157 Å². The highest BCUT2D eigenvalue weighted by Gasteiger charge is 2.29. The van der Waals surface area contributed by atoms with Crippen LogP contribution in [0.3, 0.4) is 0 Å². The maximum absolute atomic E-state index is 5.38. The fraction of sp³-hybridized carbons (Fsp3) is 0.0227. The second-order valence-corrected chi connectivity index (χ2v) is 14.2. The van der Waals surface area contributed by atoms with E-state index >= 15 is 0 Å². The first-order valence-corrected chi connectivity index (χ1v) is 17.6. The van der Waals surface area contributed by atoms with Crippen molar-refractivity contribution in [2.75, 3.05) is 0 Å². The molecule has 1 aliphatic heterocycles. The molecule has 0 saturated heterocycles. The molecule has 1 unspecified atom stereocenters. The Hall–Kier alpha value is -6.17. The standard InChI is InChI=1S/C44H26N4S/c1-2-12-25(13-3-1)42-28-15-4-7-19-31(28)45-44(46-42)48-34-22-11-21-33-40(34)41-35(48)24-37-38(29-16-6-9-23-36(29)49-37)39(41)30-18-10-17-27-26-14-5-8-20-32(26)47(33)43(27)30/h1-24,42H,(H,45,46). The van der Waals surface area contributed by atoms with Crippen LogP contribution in [-0.4, -0.2) is 14.9 Å². The van der Waals surface area contributed by atoms with Gasteiger partial charge < -0.3 is 9.72 Å². The Kier molecular flexibility index (Phi) is 4.88. The lowest BCUT2D eigenvalue weighted by molar-refractivity contribution is 0.731. The van der Waals surface area contributed by atoms with E-state index < -0.39 is 0 Å². The zero-order valence-electron chi connectivity index (χ0n) is 26.2. The summed E-state index contributed by atoms with van der Waals surface area (Å²) in [5, 5.41) is 14.3. The Labute approximate surface area is 284 Å². The second-order valence-electron chi connectivity index (χ2n) is 13.2. The third kappa shape index (κ3) is 3.25. The number of hydrogen-bond acceptors (Lipinski definition) is 3. The highest BCUT2D eigenvalue weighted by atomic mass is 32.1. The number of rotatable bonds is 1. The Bertz CT molecular complexity index is 3200. The summed E-state index contributed by atoms with van der Waals surface area (Å²) < 4.78 is 7.50. The first-order chi connectivity index (χ1) is 24.3. The topological polar surface area (TPSA) is 33.7 Å². The van der Waals surface area contributed by atoms with Crippen molar-refractivity contribution in [3.8, 4) is 0 Å². The highest BCUT2D eigenvalue weighted by Crippen LogP contribution is 2.49.